The summed E-state index contributed by atoms with van der Waals surface area (Å²) in [5.74, 6) is -0.349. The molecule has 0 unspecified atom stereocenters. The van der Waals surface area contributed by atoms with Crippen molar-refractivity contribution in [3.63, 3.8) is 0 Å². The van der Waals surface area contributed by atoms with Gasteiger partial charge in [-0.15, -0.1) is 12.4 Å². The van der Waals surface area contributed by atoms with Gasteiger partial charge in [-0.1, -0.05) is 23.7 Å². The standard InChI is InChI=1S/C19H26ClN7O4.ClH/c20-15-17(22)26-16(21)14(25-15)18(30)27-19(23)24-8-2-1-3-11-4-6-13(7-5-11)31-10-12(29)9-28;/h4-7,12,28-29H,1-3,8-10H2,(H4,21,22,26)(H3,23,24,27,30);1H/t12-;/m1./s1. The van der Waals surface area contributed by atoms with E-state index in [4.69, 9.17) is 38.6 Å². The number of aliphatic imine (C=N–C) groups is 1. The summed E-state index contributed by atoms with van der Waals surface area (Å²) < 4.78 is 5.36. The summed E-state index contributed by atoms with van der Waals surface area (Å²) in [6.07, 6.45) is 1.55. The molecule has 0 spiro atoms. The molecule has 13 heteroatoms. The predicted octanol–water partition coefficient (Wildman–Crippen LogP) is 0.516. The van der Waals surface area contributed by atoms with E-state index in [0.29, 0.717) is 12.3 Å². The van der Waals surface area contributed by atoms with Gasteiger partial charge < -0.3 is 32.2 Å². The molecule has 0 radical (unpaired) electrons. The Balaban J connectivity index is 0.00000512. The minimum atomic E-state index is -0.896. The molecule has 0 bridgehead atoms. The van der Waals surface area contributed by atoms with Crippen molar-refractivity contribution in [2.45, 2.75) is 25.4 Å². The van der Waals surface area contributed by atoms with Crippen LogP contribution in [0.25, 0.3) is 0 Å². The van der Waals surface area contributed by atoms with Gasteiger partial charge in [0.2, 0.25) is 0 Å². The van der Waals surface area contributed by atoms with Gasteiger partial charge in [0.05, 0.1) is 6.61 Å². The highest BCUT2D eigenvalue weighted by Crippen LogP contribution is 2.17. The molecule has 2 rings (SSSR count). The second kappa shape index (κ2) is 13.5. The molecule has 176 valence electrons. The van der Waals surface area contributed by atoms with E-state index in [0.717, 1.165) is 24.8 Å². The Labute approximate surface area is 196 Å². The van der Waals surface area contributed by atoms with E-state index in [-0.39, 0.29) is 54.1 Å². The molecule has 1 aromatic heterocycles. The van der Waals surface area contributed by atoms with Gasteiger partial charge in [-0.3, -0.25) is 15.1 Å². The molecule has 2 aromatic rings. The SMILES string of the molecule is Cl.NC(=NCCCCc1ccc(OC[C@H](O)CO)cc1)NC(=O)c1nc(Cl)c(N)nc1N. The van der Waals surface area contributed by atoms with Gasteiger partial charge in [0.25, 0.3) is 5.91 Å². The van der Waals surface area contributed by atoms with Gasteiger partial charge in [0.1, 0.15) is 18.5 Å². The number of amides is 1. The Morgan fingerprint density at radius 3 is 2.53 bits per heavy atom. The van der Waals surface area contributed by atoms with E-state index in [2.05, 4.69) is 20.3 Å². The van der Waals surface area contributed by atoms with Crippen molar-refractivity contribution in [3.8, 4) is 5.75 Å². The number of nitrogen functional groups attached to an aromatic ring is 2. The van der Waals surface area contributed by atoms with Gasteiger partial charge in [-0.05, 0) is 37.0 Å². The summed E-state index contributed by atoms with van der Waals surface area (Å²) in [5.41, 5.74) is 17.8. The molecule has 9 N–H and O–H groups in total. The maximum Gasteiger partial charge on any atom is 0.280 e. The highest BCUT2D eigenvalue weighted by atomic mass is 35.5. The molecule has 0 aliphatic carbocycles. The second-order valence-electron chi connectivity index (χ2n) is 6.60. The second-order valence-corrected chi connectivity index (χ2v) is 6.96. The first-order valence-electron chi connectivity index (χ1n) is 9.50. The van der Waals surface area contributed by atoms with Crippen LogP contribution in [0.15, 0.2) is 29.3 Å². The van der Waals surface area contributed by atoms with Crippen LogP contribution >= 0.6 is 24.0 Å². The van der Waals surface area contributed by atoms with Crippen molar-refractivity contribution in [2.24, 2.45) is 10.7 Å². The minimum Gasteiger partial charge on any atom is -0.491 e. The monoisotopic (exact) mass is 487 g/mol. The smallest absolute Gasteiger partial charge is 0.280 e. The van der Waals surface area contributed by atoms with Gasteiger partial charge in [0, 0.05) is 6.54 Å². The Bertz CT molecular complexity index is 913. The van der Waals surface area contributed by atoms with Gasteiger partial charge in [-0.2, -0.15) is 0 Å². The predicted molar refractivity (Wildman–Crippen MR) is 125 cm³/mol. The molecular weight excluding hydrogens is 461 g/mol. The van der Waals surface area contributed by atoms with Crippen molar-refractivity contribution in [2.75, 3.05) is 31.2 Å². The fraction of sp³-hybridized carbons (Fsp3) is 0.368. The molecule has 32 heavy (non-hydrogen) atoms. The molecule has 0 fully saturated rings. The molecule has 11 nitrogen and oxygen atoms in total. The molecule has 0 aliphatic rings. The Morgan fingerprint density at radius 1 is 1.19 bits per heavy atom. The number of guanidine groups is 1. The number of halogens is 2. The van der Waals surface area contributed by atoms with Crippen molar-refractivity contribution in [1.82, 2.24) is 15.3 Å². The van der Waals surface area contributed by atoms with Crippen LogP contribution in [-0.2, 0) is 6.42 Å². The number of anilines is 2. The van der Waals surface area contributed by atoms with Crippen LogP contribution in [0.3, 0.4) is 0 Å². The number of aromatic nitrogens is 2. The third kappa shape index (κ3) is 8.71. The van der Waals surface area contributed by atoms with Crippen LogP contribution in [0.2, 0.25) is 5.15 Å². The Kier molecular flexibility index (Phi) is 11.5. The summed E-state index contributed by atoms with van der Waals surface area (Å²) in [4.78, 5) is 23.8. The van der Waals surface area contributed by atoms with E-state index in [9.17, 15) is 9.90 Å². The average molecular weight is 488 g/mol. The minimum absolute atomic E-state index is 0. The fourth-order valence-corrected chi connectivity index (χ4v) is 2.59. The lowest BCUT2D eigenvalue weighted by molar-refractivity contribution is 0.0536. The number of hydrogen-bond donors (Lipinski definition) is 6. The Morgan fingerprint density at radius 2 is 1.88 bits per heavy atom. The van der Waals surface area contributed by atoms with Crippen molar-refractivity contribution < 1.29 is 19.7 Å². The fourth-order valence-electron chi connectivity index (χ4n) is 2.46. The van der Waals surface area contributed by atoms with Crippen molar-refractivity contribution in [3.05, 3.63) is 40.7 Å². The van der Waals surface area contributed by atoms with Gasteiger partial charge >= 0.3 is 0 Å². The number of unbranched alkanes of at least 4 members (excludes halogenated alkanes) is 1. The van der Waals surface area contributed by atoms with Crippen LogP contribution in [-0.4, -0.2) is 57.9 Å². The summed E-state index contributed by atoms with van der Waals surface area (Å²) in [5, 5.41) is 20.3. The van der Waals surface area contributed by atoms with E-state index < -0.39 is 12.0 Å². The Hall–Kier alpha value is -2.86. The molecule has 0 aliphatic heterocycles. The van der Waals surface area contributed by atoms with Gasteiger partial charge in [-0.25, -0.2) is 9.97 Å². The average Bonchev–Trinajstić information content (AvgIpc) is 2.75. The van der Waals surface area contributed by atoms with Crippen LogP contribution in [0.1, 0.15) is 28.9 Å². The number of nitrogens with one attached hydrogen (secondary N) is 1. The zero-order chi connectivity index (χ0) is 22.8. The third-order valence-corrected chi connectivity index (χ3v) is 4.37. The highest BCUT2D eigenvalue weighted by molar-refractivity contribution is 6.31. The largest absolute Gasteiger partial charge is 0.491 e. The first kappa shape index (κ1) is 27.2. The topological polar surface area (TPSA) is 195 Å². The molecule has 0 saturated heterocycles. The normalized spacial score (nSPS) is 12.0. The van der Waals surface area contributed by atoms with Crippen LogP contribution in [0.5, 0.6) is 5.75 Å². The first-order valence-corrected chi connectivity index (χ1v) is 9.88. The summed E-state index contributed by atoms with van der Waals surface area (Å²) >= 11 is 5.76. The lowest BCUT2D eigenvalue weighted by atomic mass is 10.1. The van der Waals surface area contributed by atoms with E-state index in [1.54, 1.807) is 0 Å². The molecule has 1 atom stereocenters. The molecule has 1 aromatic carbocycles. The number of aryl methyl sites for hydroxylation is 1. The number of aliphatic hydroxyl groups is 2. The lowest BCUT2D eigenvalue weighted by Crippen LogP contribution is -2.38. The molecular formula is C19H27Cl2N7O4. The highest BCUT2D eigenvalue weighted by Gasteiger charge is 2.16. The lowest BCUT2D eigenvalue weighted by Gasteiger charge is -2.10. The van der Waals surface area contributed by atoms with Crippen molar-refractivity contribution in [1.29, 1.82) is 0 Å². The maximum absolute atomic E-state index is 12.2. The first-order chi connectivity index (χ1) is 14.8. The third-order valence-electron chi connectivity index (χ3n) is 4.09. The van der Waals surface area contributed by atoms with E-state index in [1.807, 2.05) is 24.3 Å². The number of hydrogen-bond acceptors (Lipinski definition) is 9. The van der Waals surface area contributed by atoms with Crippen LogP contribution < -0.4 is 27.3 Å². The summed E-state index contributed by atoms with van der Waals surface area (Å²) in [7, 11) is 0. The van der Waals surface area contributed by atoms with E-state index >= 15 is 0 Å². The quantitative estimate of drug-likeness (QED) is 0.157. The van der Waals surface area contributed by atoms with Crippen LogP contribution in [0.4, 0.5) is 11.6 Å². The number of carbonyl (C=O) groups excluding carboxylic acids is 1. The number of carbonyl (C=O) groups is 1. The number of rotatable bonds is 10. The van der Waals surface area contributed by atoms with Crippen LogP contribution in [0, 0.1) is 0 Å². The molecule has 1 heterocycles. The van der Waals surface area contributed by atoms with Gasteiger partial charge in [0.15, 0.2) is 28.4 Å². The number of nitrogens with zero attached hydrogens (tertiary/aromatic N) is 3. The molecule has 0 saturated carbocycles. The van der Waals surface area contributed by atoms with Crippen molar-refractivity contribution >= 4 is 47.5 Å². The molecule has 1 amide bonds. The number of nitrogens with two attached hydrogens (primary N) is 3. The van der Waals surface area contributed by atoms with E-state index in [1.165, 1.54) is 0 Å². The zero-order valence-electron chi connectivity index (χ0n) is 17.2. The zero-order valence-corrected chi connectivity index (χ0v) is 18.8. The maximum atomic E-state index is 12.2. The summed E-state index contributed by atoms with van der Waals surface area (Å²) in [6.45, 7) is 0.124. The number of aliphatic hydroxyl groups excluding tert-OH is 2. The number of ether oxygens (including phenoxy) is 1. The number of benzene rings is 1. The summed E-state index contributed by atoms with van der Waals surface area (Å²) in [6, 6.07) is 7.48.